The fourth-order valence-corrected chi connectivity index (χ4v) is 6.66. The highest BCUT2D eigenvalue weighted by atomic mass is 35.5. The standard InChI is InChI=1S/C22H23ClN4O3S2/c1-2-15-7-3-4-11-19(15)32(29,30)27-12-6-8-16(14-27)21-25-26-22(31-21)20(28)24-18-10-5-9-17(23)13-18/h3-5,7,9-11,13,16H,2,6,8,12,14H2,1H3,(H,24,28)/t16-/m0/s1. The van der Waals surface area contributed by atoms with Gasteiger partial charge in [-0.1, -0.05) is 54.1 Å². The zero-order valence-corrected chi connectivity index (χ0v) is 19.9. The predicted octanol–water partition coefficient (Wildman–Crippen LogP) is 4.57. The van der Waals surface area contributed by atoms with E-state index in [-0.39, 0.29) is 16.8 Å². The Bertz CT molecular complexity index is 1230. The number of hydrogen-bond acceptors (Lipinski definition) is 6. The number of halogens is 1. The molecule has 3 aromatic rings. The van der Waals surface area contributed by atoms with Gasteiger partial charge < -0.3 is 5.32 Å². The highest BCUT2D eigenvalue weighted by Crippen LogP contribution is 2.33. The van der Waals surface area contributed by atoms with E-state index in [1.165, 1.54) is 15.6 Å². The summed E-state index contributed by atoms with van der Waals surface area (Å²) in [6, 6.07) is 14.0. The molecule has 0 aliphatic carbocycles. The maximum atomic E-state index is 13.3. The average molecular weight is 491 g/mol. The fourth-order valence-electron chi connectivity index (χ4n) is 3.79. The number of carbonyl (C=O) groups excluding carboxylic acids is 1. The second kappa shape index (κ2) is 9.66. The topological polar surface area (TPSA) is 92.3 Å². The second-order valence-electron chi connectivity index (χ2n) is 7.57. The van der Waals surface area contributed by atoms with E-state index in [4.69, 9.17) is 11.6 Å². The van der Waals surface area contributed by atoms with Crippen molar-refractivity contribution in [3.63, 3.8) is 0 Å². The highest BCUT2D eigenvalue weighted by molar-refractivity contribution is 7.89. The Morgan fingerprint density at radius 3 is 2.81 bits per heavy atom. The summed E-state index contributed by atoms with van der Waals surface area (Å²) < 4.78 is 28.1. The van der Waals surface area contributed by atoms with Crippen LogP contribution in [0.25, 0.3) is 0 Å². The summed E-state index contributed by atoms with van der Waals surface area (Å²) in [6.07, 6.45) is 2.17. The molecule has 10 heteroatoms. The zero-order chi connectivity index (χ0) is 22.7. The van der Waals surface area contributed by atoms with E-state index in [1.807, 2.05) is 19.1 Å². The SMILES string of the molecule is CCc1ccccc1S(=O)(=O)N1CCC[C@H](c2nnc(C(=O)Nc3cccc(Cl)c3)s2)C1. The van der Waals surface area contributed by atoms with Gasteiger partial charge in [-0.2, -0.15) is 4.31 Å². The minimum absolute atomic E-state index is 0.0995. The first-order valence-electron chi connectivity index (χ1n) is 10.4. The molecule has 1 atom stereocenters. The van der Waals surface area contributed by atoms with Crippen LogP contribution in [0, 0.1) is 0 Å². The quantitative estimate of drug-likeness (QED) is 0.546. The van der Waals surface area contributed by atoms with Crippen molar-refractivity contribution in [1.29, 1.82) is 0 Å². The van der Waals surface area contributed by atoms with E-state index in [2.05, 4.69) is 15.5 Å². The predicted molar refractivity (Wildman–Crippen MR) is 126 cm³/mol. The molecule has 1 aliphatic heterocycles. The molecule has 1 aromatic heterocycles. The molecule has 0 spiro atoms. The number of nitrogens with zero attached hydrogens (tertiary/aromatic N) is 3. The van der Waals surface area contributed by atoms with Crippen LogP contribution in [0.4, 0.5) is 5.69 Å². The Morgan fingerprint density at radius 1 is 1.22 bits per heavy atom. The number of carbonyl (C=O) groups is 1. The summed E-state index contributed by atoms with van der Waals surface area (Å²) in [5.74, 6) is -0.467. The summed E-state index contributed by atoms with van der Waals surface area (Å²) in [4.78, 5) is 12.9. The van der Waals surface area contributed by atoms with E-state index in [9.17, 15) is 13.2 Å². The lowest BCUT2D eigenvalue weighted by Crippen LogP contribution is -2.39. The first-order chi connectivity index (χ1) is 15.4. The Morgan fingerprint density at radius 2 is 2.03 bits per heavy atom. The zero-order valence-electron chi connectivity index (χ0n) is 17.5. The van der Waals surface area contributed by atoms with Crippen LogP contribution in [0.5, 0.6) is 0 Å². The molecule has 1 fully saturated rings. The lowest BCUT2D eigenvalue weighted by molar-refractivity contribution is 0.102. The molecule has 0 unspecified atom stereocenters. The van der Waals surface area contributed by atoms with Gasteiger partial charge in [-0.3, -0.25) is 4.79 Å². The molecule has 1 amide bonds. The van der Waals surface area contributed by atoms with Gasteiger partial charge in [-0.15, -0.1) is 10.2 Å². The minimum atomic E-state index is -3.60. The van der Waals surface area contributed by atoms with Crippen LogP contribution in [0.2, 0.25) is 5.02 Å². The van der Waals surface area contributed by atoms with Crippen molar-refractivity contribution in [2.75, 3.05) is 18.4 Å². The average Bonchev–Trinajstić information content (AvgIpc) is 3.30. The molecule has 1 saturated heterocycles. The molecule has 168 valence electrons. The van der Waals surface area contributed by atoms with Gasteiger partial charge in [-0.25, -0.2) is 8.42 Å². The molecular weight excluding hydrogens is 468 g/mol. The number of piperidine rings is 1. The third-order valence-electron chi connectivity index (χ3n) is 5.42. The normalized spacial score (nSPS) is 17.2. The monoisotopic (exact) mass is 490 g/mol. The third kappa shape index (κ3) is 4.85. The molecule has 2 heterocycles. The third-order valence-corrected chi connectivity index (χ3v) is 8.71. The van der Waals surface area contributed by atoms with Gasteiger partial charge in [0.15, 0.2) is 0 Å². The number of rotatable bonds is 6. The Kier molecular flexibility index (Phi) is 6.90. The maximum absolute atomic E-state index is 13.3. The summed E-state index contributed by atoms with van der Waals surface area (Å²) >= 11 is 7.16. The summed E-state index contributed by atoms with van der Waals surface area (Å²) in [5, 5.41) is 12.4. The summed E-state index contributed by atoms with van der Waals surface area (Å²) in [6.45, 7) is 2.74. The van der Waals surface area contributed by atoms with Crippen LogP contribution < -0.4 is 5.32 Å². The van der Waals surface area contributed by atoms with Crippen LogP contribution in [0.1, 0.15) is 46.1 Å². The minimum Gasteiger partial charge on any atom is -0.320 e. The molecule has 4 rings (SSSR count). The van der Waals surface area contributed by atoms with Gasteiger partial charge in [0.1, 0.15) is 5.01 Å². The number of aromatic nitrogens is 2. The van der Waals surface area contributed by atoms with Crippen molar-refractivity contribution < 1.29 is 13.2 Å². The molecule has 2 aromatic carbocycles. The first-order valence-corrected chi connectivity index (χ1v) is 13.0. The van der Waals surface area contributed by atoms with Gasteiger partial charge in [0.2, 0.25) is 15.0 Å². The molecular formula is C22H23ClN4O3S2. The van der Waals surface area contributed by atoms with Gasteiger partial charge in [0.25, 0.3) is 5.91 Å². The van der Waals surface area contributed by atoms with Crippen molar-refractivity contribution in [2.24, 2.45) is 0 Å². The number of benzene rings is 2. The van der Waals surface area contributed by atoms with E-state index >= 15 is 0 Å². The van der Waals surface area contributed by atoms with E-state index < -0.39 is 10.0 Å². The molecule has 32 heavy (non-hydrogen) atoms. The van der Waals surface area contributed by atoms with Crippen LogP contribution >= 0.6 is 22.9 Å². The molecule has 0 bridgehead atoms. The Labute approximate surface area is 196 Å². The van der Waals surface area contributed by atoms with E-state index in [0.717, 1.165) is 18.4 Å². The maximum Gasteiger partial charge on any atom is 0.286 e. The van der Waals surface area contributed by atoms with Crippen LogP contribution in [-0.4, -0.2) is 41.9 Å². The van der Waals surface area contributed by atoms with Crippen molar-refractivity contribution >= 4 is 44.6 Å². The van der Waals surface area contributed by atoms with Crippen molar-refractivity contribution in [3.05, 3.63) is 69.1 Å². The molecule has 1 N–H and O–H groups in total. The lowest BCUT2D eigenvalue weighted by Gasteiger charge is -2.31. The molecule has 0 radical (unpaired) electrons. The number of nitrogens with one attached hydrogen (secondary N) is 1. The van der Waals surface area contributed by atoms with Crippen LogP contribution in [-0.2, 0) is 16.4 Å². The van der Waals surface area contributed by atoms with Crippen molar-refractivity contribution in [2.45, 2.75) is 37.0 Å². The highest BCUT2D eigenvalue weighted by Gasteiger charge is 2.33. The number of sulfonamides is 1. The molecule has 1 aliphatic rings. The van der Waals surface area contributed by atoms with Crippen molar-refractivity contribution in [3.8, 4) is 0 Å². The smallest absolute Gasteiger partial charge is 0.286 e. The van der Waals surface area contributed by atoms with Gasteiger partial charge in [-0.05, 0) is 49.1 Å². The van der Waals surface area contributed by atoms with Crippen LogP contribution in [0.15, 0.2) is 53.4 Å². The number of amides is 1. The lowest BCUT2D eigenvalue weighted by atomic mass is 10.0. The second-order valence-corrected chi connectivity index (χ2v) is 10.9. The fraction of sp³-hybridized carbons (Fsp3) is 0.318. The van der Waals surface area contributed by atoms with Gasteiger partial charge in [0, 0.05) is 29.7 Å². The van der Waals surface area contributed by atoms with Gasteiger partial charge in [0.05, 0.1) is 4.90 Å². The number of anilines is 1. The van der Waals surface area contributed by atoms with Gasteiger partial charge >= 0.3 is 0 Å². The Hall–Kier alpha value is -2.33. The molecule has 0 saturated carbocycles. The van der Waals surface area contributed by atoms with Crippen LogP contribution in [0.3, 0.4) is 0 Å². The molecule has 7 nitrogen and oxygen atoms in total. The largest absolute Gasteiger partial charge is 0.320 e. The number of aryl methyl sites for hydroxylation is 1. The number of hydrogen-bond donors (Lipinski definition) is 1. The summed E-state index contributed by atoms with van der Waals surface area (Å²) in [7, 11) is -3.60. The first kappa shape index (κ1) is 22.8. The van der Waals surface area contributed by atoms with Crippen molar-refractivity contribution in [1.82, 2.24) is 14.5 Å². The summed E-state index contributed by atoms with van der Waals surface area (Å²) in [5.41, 5.74) is 1.38. The van der Waals surface area contributed by atoms with E-state index in [1.54, 1.807) is 36.4 Å². The van der Waals surface area contributed by atoms with E-state index in [0.29, 0.717) is 40.1 Å². The Balaban J connectivity index is 1.49.